The number of aliphatic carboxylic acids is 2. The summed E-state index contributed by atoms with van der Waals surface area (Å²) in [4.78, 5) is 70.0. The van der Waals surface area contributed by atoms with Gasteiger partial charge in [-0.15, -0.1) is 0 Å². The fourth-order valence-corrected chi connectivity index (χ4v) is 6.70. The van der Waals surface area contributed by atoms with Gasteiger partial charge in [-0.1, -0.05) is 5.16 Å². The van der Waals surface area contributed by atoms with E-state index in [0.717, 1.165) is 13.8 Å². The molecule has 0 spiro atoms. The number of carbonyl (C=O) groups is 5. The minimum absolute atomic E-state index is 0. The molecule has 4 rings (SSSR count). The van der Waals surface area contributed by atoms with Gasteiger partial charge >= 0.3 is 71.1 Å². The van der Waals surface area contributed by atoms with Crippen molar-refractivity contribution in [3.05, 3.63) is 5.82 Å². The van der Waals surface area contributed by atoms with Crippen LogP contribution in [0.3, 0.4) is 0 Å². The van der Waals surface area contributed by atoms with E-state index in [1.807, 2.05) is 0 Å². The number of carbonyl (C=O) groups excluding carboxylic acids is 4. The second kappa shape index (κ2) is 11.0. The first kappa shape index (κ1) is 32.3. The molecule has 3 aliphatic heterocycles. The maximum atomic E-state index is 13.0. The summed E-state index contributed by atoms with van der Waals surface area (Å²) in [6.45, 7) is 2.25. The topological polar surface area (TPSA) is 261 Å². The number of β-lactam (4-membered cyclic amide) rings is 1. The number of rotatable bonds is 7. The van der Waals surface area contributed by atoms with Gasteiger partial charge in [0.05, 0.1) is 12.2 Å². The standard InChI is InChI=1S/C17H18N6O11S2.2Na/c1-16(2,13(27)28)34-21-7(9-20-15(18)35-22-9)10(25)19-8-11(26)23-12(8)36(31,32)4-5-3-6(24)33-17(5,23)14(29)30;;/h5,8,12H,3-4H2,1-2H3,(H,19,25)(H,27,28)(H,29,30)(H2,18,20,22);;/q;2*+1/p-1/b21-7-;;/t5-,8+,12+,17+;;/m0../s1. The molecule has 4 N–H and O–H groups in total. The second-order valence-electron chi connectivity index (χ2n) is 8.54. The molecule has 2 amide bonds. The fourth-order valence-electron chi connectivity index (χ4n) is 3.98. The zero-order valence-electron chi connectivity index (χ0n) is 20.4. The van der Waals surface area contributed by atoms with Crippen molar-refractivity contribution in [2.75, 3.05) is 11.5 Å². The molecule has 194 valence electrons. The molecular weight excluding hydrogens is 574 g/mol. The van der Waals surface area contributed by atoms with Crippen molar-refractivity contribution in [1.82, 2.24) is 19.6 Å². The number of nitrogens with one attached hydrogen (secondary N) is 1. The van der Waals surface area contributed by atoms with Gasteiger partial charge in [0.25, 0.3) is 11.8 Å². The molecule has 3 aliphatic rings. The van der Waals surface area contributed by atoms with E-state index in [2.05, 4.69) is 19.8 Å². The third kappa shape index (κ3) is 5.17. The summed E-state index contributed by atoms with van der Waals surface area (Å²) in [7, 11) is -4.26. The van der Waals surface area contributed by atoms with E-state index < -0.39 is 91.9 Å². The predicted molar refractivity (Wildman–Crippen MR) is 112 cm³/mol. The molecule has 38 heavy (non-hydrogen) atoms. The van der Waals surface area contributed by atoms with Crippen LogP contribution in [0.2, 0.25) is 0 Å². The quantitative estimate of drug-likeness (QED) is 0.0874. The number of nitrogens with two attached hydrogens (primary N) is 1. The van der Waals surface area contributed by atoms with Crippen LogP contribution < -0.4 is 75.3 Å². The van der Waals surface area contributed by atoms with Gasteiger partial charge in [-0.2, -0.15) is 9.36 Å². The Morgan fingerprint density at radius 1 is 1.34 bits per heavy atom. The molecule has 0 radical (unpaired) electrons. The van der Waals surface area contributed by atoms with Crippen molar-refractivity contribution in [3.8, 4) is 0 Å². The van der Waals surface area contributed by atoms with Crippen molar-refractivity contribution in [2.24, 2.45) is 11.1 Å². The van der Waals surface area contributed by atoms with Gasteiger partial charge in [-0.3, -0.25) is 19.3 Å². The number of aromatic nitrogens is 2. The van der Waals surface area contributed by atoms with Gasteiger partial charge in [-0.25, -0.2) is 13.2 Å². The number of hydrogen-bond acceptors (Lipinski definition) is 15. The number of amides is 2. The minimum atomic E-state index is -4.26. The number of esters is 1. The van der Waals surface area contributed by atoms with Crippen molar-refractivity contribution in [2.45, 2.75) is 43.0 Å². The number of nitrogen functional groups attached to an aromatic ring is 1. The van der Waals surface area contributed by atoms with Crippen LogP contribution in [-0.4, -0.2) is 91.7 Å². The molecule has 17 nitrogen and oxygen atoms in total. The maximum Gasteiger partial charge on any atom is 1.00 e. The Morgan fingerprint density at radius 2 is 1.97 bits per heavy atom. The number of fused-ring (bicyclic) bond motifs is 3. The molecule has 21 heteroatoms. The van der Waals surface area contributed by atoms with Crippen molar-refractivity contribution >= 4 is 61.9 Å². The van der Waals surface area contributed by atoms with E-state index in [1.54, 1.807) is 0 Å². The van der Waals surface area contributed by atoms with E-state index in [4.69, 9.17) is 15.3 Å². The van der Waals surface area contributed by atoms with E-state index >= 15 is 0 Å². The Labute approximate surface area is 262 Å². The summed E-state index contributed by atoms with van der Waals surface area (Å²) in [6.07, 6.45) is -0.564. The average molecular weight is 591 g/mol. The van der Waals surface area contributed by atoms with Crippen molar-refractivity contribution in [1.29, 1.82) is 0 Å². The Bertz CT molecular complexity index is 1350. The van der Waals surface area contributed by atoms with Gasteiger partial charge in [0, 0.05) is 17.5 Å². The van der Waals surface area contributed by atoms with Gasteiger partial charge in [-0.05, 0) is 13.8 Å². The Hall–Kier alpha value is -1.87. The molecule has 1 aromatic rings. The van der Waals surface area contributed by atoms with E-state index in [-0.39, 0.29) is 64.2 Å². The first-order valence-corrected chi connectivity index (χ1v) is 12.5. The predicted octanol–water partition coefficient (Wildman–Crippen LogP) is -10.2. The third-order valence-electron chi connectivity index (χ3n) is 5.77. The molecule has 0 aliphatic carbocycles. The molecule has 0 bridgehead atoms. The summed E-state index contributed by atoms with van der Waals surface area (Å²) in [5, 5.41) is 24.7. The molecule has 0 aromatic carbocycles. The zero-order valence-corrected chi connectivity index (χ0v) is 26.0. The first-order valence-electron chi connectivity index (χ1n) is 10.00. The van der Waals surface area contributed by atoms with Crippen LogP contribution in [0, 0.1) is 5.92 Å². The molecule has 0 saturated carbocycles. The fraction of sp³-hybridized carbons (Fsp3) is 0.529. The normalized spacial score (nSPS) is 27.4. The number of carboxylic acid groups (broad SMARTS) is 2. The Balaban J connectivity index is 0.00000253. The summed E-state index contributed by atoms with van der Waals surface area (Å²) >= 11 is 0.652. The smallest absolute Gasteiger partial charge is 0.544 e. The van der Waals surface area contributed by atoms with Gasteiger partial charge in [0.1, 0.15) is 12.0 Å². The SMILES string of the molecule is CC(C)(O/N=C(\C(=O)N[C@@H]1C(=O)N2[C@@H]1S(=O)(=O)C[C@@H]1CC(=O)O[C@@]12C(=O)[O-])c1nsc(N)n1)C(=O)O.[Na+].[Na+]. The summed E-state index contributed by atoms with van der Waals surface area (Å²) in [5.74, 6) is -9.53. The monoisotopic (exact) mass is 591 g/mol. The maximum absolute atomic E-state index is 13.0. The number of nitrogens with zero attached hydrogens (tertiary/aromatic N) is 4. The van der Waals surface area contributed by atoms with Crippen LogP contribution in [0.5, 0.6) is 0 Å². The summed E-state index contributed by atoms with van der Waals surface area (Å²) in [5.41, 5.74) is 0.226. The van der Waals surface area contributed by atoms with E-state index in [9.17, 15) is 42.6 Å². The molecule has 3 saturated heterocycles. The summed E-state index contributed by atoms with van der Waals surface area (Å²) < 4.78 is 34.4. The van der Waals surface area contributed by atoms with Gasteiger partial charge < -0.3 is 35.6 Å². The van der Waals surface area contributed by atoms with Crippen LogP contribution in [0.1, 0.15) is 26.1 Å². The number of oxime groups is 1. The number of carboxylic acids is 2. The number of anilines is 1. The van der Waals surface area contributed by atoms with E-state index in [1.165, 1.54) is 0 Å². The molecule has 4 heterocycles. The molecule has 1 aromatic heterocycles. The van der Waals surface area contributed by atoms with Crippen LogP contribution in [0.15, 0.2) is 5.16 Å². The second-order valence-corrected chi connectivity index (χ2v) is 11.5. The minimum Gasteiger partial charge on any atom is -0.544 e. The van der Waals surface area contributed by atoms with Crippen LogP contribution in [-0.2, 0) is 43.4 Å². The third-order valence-corrected chi connectivity index (χ3v) is 8.39. The molecule has 4 atom stereocenters. The van der Waals surface area contributed by atoms with Gasteiger partial charge in [0.15, 0.2) is 20.3 Å². The molecular formula is C17H17N6Na2O11S2+. The summed E-state index contributed by atoms with van der Waals surface area (Å²) in [6, 6.07) is -1.81. The van der Waals surface area contributed by atoms with Crippen LogP contribution >= 0.6 is 11.5 Å². The molecule has 0 unspecified atom stereocenters. The van der Waals surface area contributed by atoms with Crippen LogP contribution in [0.4, 0.5) is 5.13 Å². The number of ether oxygens (including phenoxy) is 1. The number of hydrogen-bond donors (Lipinski definition) is 3. The first-order chi connectivity index (χ1) is 16.6. The largest absolute Gasteiger partial charge is 1.00 e. The van der Waals surface area contributed by atoms with Gasteiger partial charge in [0.2, 0.25) is 22.9 Å². The molecule has 3 fully saturated rings. The van der Waals surface area contributed by atoms with Crippen LogP contribution in [0.25, 0.3) is 0 Å². The van der Waals surface area contributed by atoms with Crippen molar-refractivity contribution < 1.29 is 111 Å². The van der Waals surface area contributed by atoms with Crippen molar-refractivity contribution in [3.63, 3.8) is 0 Å². The Morgan fingerprint density at radius 3 is 2.50 bits per heavy atom. The Kier molecular flexibility index (Phi) is 9.32. The number of sulfone groups is 1. The average Bonchev–Trinajstić information content (AvgIpc) is 3.32. The zero-order chi connectivity index (χ0) is 26.8. The van der Waals surface area contributed by atoms with E-state index in [0.29, 0.717) is 16.4 Å².